The Balaban J connectivity index is 1.54. The second-order valence-corrected chi connectivity index (χ2v) is 6.19. The number of hydrogen-bond donors (Lipinski definition) is 0. The van der Waals surface area contributed by atoms with Crippen molar-refractivity contribution in [3.63, 3.8) is 0 Å². The van der Waals surface area contributed by atoms with Gasteiger partial charge in [-0.05, 0) is 29.5 Å². The van der Waals surface area contributed by atoms with Crippen LogP contribution in [0.2, 0.25) is 0 Å². The average Bonchev–Trinajstić information content (AvgIpc) is 2.67. The van der Waals surface area contributed by atoms with Gasteiger partial charge < -0.3 is 0 Å². The van der Waals surface area contributed by atoms with Gasteiger partial charge in [0.05, 0.1) is 6.61 Å². The minimum Gasteiger partial charge on any atom is -0.298 e. The molecule has 0 aliphatic rings. The Morgan fingerprint density at radius 1 is 0.560 bits per heavy atom. The highest BCUT2D eigenvalue weighted by Gasteiger charge is 2.08. The molecule has 0 saturated carbocycles. The molecule has 3 aromatic carbocycles. The van der Waals surface area contributed by atoms with Gasteiger partial charge in [0, 0.05) is 13.1 Å². The molecule has 0 fully saturated rings. The first-order chi connectivity index (χ1) is 12.4. The molecule has 128 valence electrons. The lowest BCUT2D eigenvalue weighted by atomic mass is 10.1. The second-order valence-electron chi connectivity index (χ2n) is 6.19. The van der Waals surface area contributed by atoms with Crippen LogP contribution in [0.5, 0.6) is 0 Å². The van der Waals surface area contributed by atoms with Gasteiger partial charge in [0.25, 0.3) is 0 Å². The first kappa shape index (κ1) is 17.4. The third-order valence-electron chi connectivity index (χ3n) is 4.13. The zero-order valence-electron chi connectivity index (χ0n) is 14.6. The van der Waals surface area contributed by atoms with E-state index in [0.29, 0.717) is 0 Å². The first-order valence-corrected chi connectivity index (χ1v) is 8.90. The van der Waals surface area contributed by atoms with Crippen molar-refractivity contribution in [2.75, 3.05) is 6.61 Å². The van der Waals surface area contributed by atoms with Gasteiger partial charge in [0.15, 0.2) is 0 Å². The third kappa shape index (κ3) is 6.18. The molecule has 2 nitrogen and oxygen atoms in total. The molecule has 0 spiro atoms. The molecule has 0 atom stereocenters. The van der Waals surface area contributed by atoms with Gasteiger partial charge in [0.2, 0.25) is 0 Å². The van der Waals surface area contributed by atoms with Crippen molar-refractivity contribution in [3.05, 3.63) is 108 Å². The molecule has 0 bridgehead atoms. The van der Waals surface area contributed by atoms with E-state index in [1.807, 2.05) is 12.1 Å². The fourth-order valence-corrected chi connectivity index (χ4v) is 2.84. The Morgan fingerprint density at radius 3 is 1.48 bits per heavy atom. The molecule has 0 aliphatic carbocycles. The van der Waals surface area contributed by atoms with E-state index in [0.717, 1.165) is 32.5 Å². The third-order valence-corrected chi connectivity index (χ3v) is 4.13. The van der Waals surface area contributed by atoms with E-state index in [9.17, 15) is 0 Å². The second kappa shape index (κ2) is 9.77. The van der Waals surface area contributed by atoms with E-state index in [1.165, 1.54) is 16.7 Å². The molecule has 0 N–H and O–H groups in total. The van der Waals surface area contributed by atoms with Gasteiger partial charge >= 0.3 is 0 Å². The number of hydroxylamine groups is 2. The Morgan fingerprint density at radius 2 is 1.00 bits per heavy atom. The van der Waals surface area contributed by atoms with Crippen LogP contribution >= 0.6 is 0 Å². The summed E-state index contributed by atoms with van der Waals surface area (Å²) in [6.45, 7) is 2.32. The minimum atomic E-state index is 0.731. The Hall–Kier alpha value is -2.42. The molecule has 0 aromatic heterocycles. The van der Waals surface area contributed by atoms with E-state index in [-0.39, 0.29) is 0 Å². The van der Waals surface area contributed by atoms with Gasteiger partial charge in [-0.25, -0.2) is 0 Å². The number of hydrogen-bond acceptors (Lipinski definition) is 2. The van der Waals surface area contributed by atoms with Crippen molar-refractivity contribution < 1.29 is 4.84 Å². The predicted molar refractivity (Wildman–Crippen MR) is 103 cm³/mol. The topological polar surface area (TPSA) is 12.5 Å². The predicted octanol–water partition coefficient (Wildman–Crippen LogP) is 5.25. The minimum absolute atomic E-state index is 0.731. The number of aryl methyl sites for hydroxylation is 1. The van der Waals surface area contributed by atoms with Crippen LogP contribution in [-0.4, -0.2) is 11.7 Å². The molecule has 0 aliphatic heterocycles. The first-order valence-electron chi connectivity index (χ1n) is 8.90. The van der Waals surface area contributed by atoms with Crippen molar-refractivity contribution >= 4 is 0 Å². The van der Waals surface area contributed by atoms with E-state index >= 15 is 0 Å². The highest BCUT2D eigenvalue weighted by atomic mass is 16.7. The maximum Gasteiger partial charge on any atom is 0.0688 e. The average molecular weight is 331 g/mol. The van der Waals surface area contributed by atoms with Crippen LogP contribution < -0.4 is 0 Å². The van der Waals surface area contributed by atoms with Crippen LogP contribution in [0.3, 0.4) is 0 Å². The van der Waals surface area contributed by atoms with Crippen LogP contribution in [0.15, 0.2) is 91.0 Å². The molecule has 0 heterocycles. The van der Waals surface area contributed by atoms with Gasteiger partial charge in [-0.15, -0.1) is 0 Å². The summed E-state index contributed by atoms with van der Waals surface area (Å²) in [6.07, 6.45) is 2.06. The van der Waals surface area contributed by atoms with Crippen LogP contribution in [0, 0.1) is 0 Å². The standard InChI is InChI=1S/C23H25NO/c1-4-11-21(12-5-1)17-10-18-25-24(19-22-13-6-2-7-14-22)20-23-15-8-3-9-16-23/h1-9,11-16H,10,17-20H2. The van der Waals surface area contributed by atoms with Gasteiger partial charge in [0.1, 0.15) is 0 Å². The molecule has 0 radical (unpaired) electrons. The Labute approximate surface area is 150 Å². The molecule has 0 amide bonds. The van der Waals surface area contributed by atoms with Crippen molar-refractivity contribution in [2.45, 2.75) is 25.9 Å². The van der Waals surface area contributed by atoms with E-state index in [2.05, 4.69) is 83.9 Å². The Bertz CT molecular complexity index is 671. The lowest BCUT2D eigenvalue weighted by Gasteiger charge is -2.22. The van der Waals surface area contributed by atoms with Crippen molar-refractivity contribution in [1.29, 1.82) is 0 Å². The summed E-state index contributed by atoms with van der Waals surface area (Å²) in [5.41, 5.74) is 3.90. The van der Waals surface area contributed by atoms with Gasteiger partial charge in [-0.1, -0.05) is 91.0 Å². The van der Waals surface area contributed by atoms with Crippen molar-refractivity contribution in [3.8, 4) is 0 Å². The maximum absolute atomic E-state index is 6.11. The molecule has 3 rings (SSSR count). The highest BCUT2D eigenvalue weighted by molar-refractivity contribution is 5.17. The quantitative estimate of drug-likeness (QED) is 0.392. The lowest BCUT2D eigenvalue weighted by Crippen LogP contribution is -2.24. The lowest BCUT2D eigenvalue weighted by molar-refractivity contribution is -0.174. The van der Waals surface area contributed by atoms with E-state index < -0.39 is 0 Å². The van der Waals surface area contributed by atoms with E-state index in [4.69, 9.17) is 4.84 Å². The summed E-state index contributed by atoms with van der Waals surface area (Å²) in [7, 11) is 0. The fraction of sp³-hybridized carbons (Fsp3) is 0.217. The summed E-state index contributed by atoms with van der Waals surface area (Å²) >= 11 is 0. The Kier molecular flexibility index (Phi) is 6.80. The van der Waals surface area contributed by atoms with Crippen molar-refractivity contribution in [2.24, 2.45) is 0 Å². The zero-order chi connectivity index (χ0) is 17.2. The molecule has 0 saturated heterocycles. The summed E-state index contributed by atoms with van der Waals surface area (Å²) in [5, 5.41) is 2.07. The van der Waals surface area contributed by atoms with Crippen LogP contribution in [0.25, 0.3) is 0 Å². The van der Waals surface area contributed by atoms with Crippen molar-refractivity contribution in [1.82, 2.24) is 5.06 Å². The monoisotopic (exact) mass is 331 g/mol. The normalized spacial score (nSPS) is 10.9. The molecular formula is C23H25NO. The maximum atomic E-state index is 6.11. The zero-order valence-corrected chi connectivity index (χ0v) is 14.6. The summed E-state index contributed by atoms with van der Waals surface area (Å²) in [6, 6.07) is 31.6. The summed E-state index contributed by atoms with van der Waals surface area (Å²) in [4.78, 5) is 6.11. The number of rotatable bonds is 9. The fourth-order valence-electron chi connectivity index (χ4n) is 2.84. The van der Waals surface area contributed by atoms with E-state index in [1.54, 1.807) is 0 Å². The SMILES string of the molecule is c1ccc(CCCON(Cc2ccccc2)Cc2ccccc2)cc1. The van der Waals surface area contributed by atoms with Gasteiger partial charge in [-0.3, -0.25) is 4.84 Å². The molecular weight excluding hydrogens is 306 g/mol. The number of nitrogens with zero attached hydrogens (tertiary/aromatic N) is 1. The smallest absolute Gasteiger partial charge is 0.0688 e. The summed E-state index contributed by atoms with van der Waals surface area (Å²) < 4.78 is 0. The van der Waals surface area contributed by atoms with Crippen LogP contribution in [0.1, 0.15) is 23.1 Å². The molecule has 0 unspecified atom stereocenters. The van der Waals surface area contributed by atoms with Gasteiger partial charge in [-0.2, -0.15) is 5.06 Å². The summed E-state index contributed by atoms with van der Waals surface area (Å²) in [5.74, 6) is 0. The highest BCUT2D eigenvalue weighted by Crippen LogP contribution is 2.11. The molecule has 3 aromatic rings. The van der Waals surface area contributed by atoms with Crippen LogP contribution in [0.4, 0.5) is 0 Å². The largest absolute Gasteiger partial charge is 0.298 e. The van der Waals surface area contributed by atoms with Crippen LogP contribution in [-0.2, 0) is 24.3 Å². The molecule has 2 heteroatoms. The number of benzene rings is 3. The molecule has 25 heavy (non-hydrogen) atoms.